The molecule has 2 aromatic heterocycles. The summed E-state index contributed by atoms with van der Waals surface area (Å²) in [5.41, 5.74) is 1.91. The van der Waals surface area contributed by atoms with Crippen molar-refractivity contribution in [2.24, 2.45) is 0 Å². The second kappa shape index (κ2) is 6.32. The van der Waals surface area contributed by atoms with Gasteiger partial charge in [0.05, 0.1) is 5.69 Å². The smallest absolute Gasteiger partial charge is 0.387 e. The fourth-order valence-electron chi connectivity index (χ4n) is 3.13. The van der Waals surface area contributed by atoms with Crippen molar-refractivity contribution in [3.8, 4) is 5.75 Å². The topological polar surface area (TPSA) is 72.6 Å². The van der Waals surface area contributed by atoms with E-state index in [4.69, 9.17) is 0 Å². The Kier molecular flexibility index (Phi) is 3.98. The standard InChI is InChI=1S/C17H15F2N5O2/c1-10-7-8-20-17-21-14(22-24(10)17)15(25)23-9-3-5-11-4-2-6-12(13(11)23)26-16(18)19/h2,4,6-8,16H,3,5,9H2,1H3. The second-order valence-corrected chi connectivity index (χ2v) is 5.94. The summed E-state index contributed by atoms with van der Waals surface area (Å²) < 4.78 is 31.6. The molecular weight excluding hydrogens is 344 g/mol. The van der Waals surface area contributed by atoms with Gasteiger partial charge in [-0.1, -0.05) is 12.1 Å². The van der Waals surface area contributed by atoms with Gasteiger partial charge in [-0.3, -0.25) is 4.79 Å². The van der Waals surface area contributed by atoms with Gasteiger partial charge < -0.3 is 9.64 Å². The third-order valence-corrected chi connectivity index (χ3v) is 4.26. The lowest BCUT2D eigenvalue weighted by Gasteiger charge is -2.30. The number of aromatic nitrogens is 4. The van der Waals surface area contributed by atoms with Crippen LogP contribution in [0.3, 0.4) is 0 Å². The number of fused-ring (bicyclic) bond motifs is 2. The van der Waals surface area contributed by atoms with Gasteiger partial charge in [-0.05, 0) is 37.5 Å². The van der Waals surface area contributed by atoms with Gasteiger partial charge in [0.2, 0.25) is 5.82 Å². The van der Waals surface area contributed by atoms with Crippen LogP contribution in [0.25, 0.3) is 5.78 Å². The van der Waals surface area contributed by atoms with E-state index in [1.807, 2.05) is 6.92 Å². The minimum Gasteiger partial charge on any atom is -0.433 e. The Balaban J connectivity index is 1.77. The molecule has 4 rings (SSSR count). The van der Waals surface area contributed by atoms with E-state index in [2.05, 4.69) is 19.8 Å². The molecule has 0 unspecified atom stereocenters. The Hall–Kier alpha value is -3.10. The highest BCUT2D eigenvalue weighted by molar-refractivity contribution is 6.05. The van der Waals surface area contributed by atoms with E-state index in [1.165, 1.54) is 15.5 Å². The lowest BCUT2D eigenvalue weighted by Crippen LogP contribution is -2.36. The molecule has 3 heterocycles. The maximum absolute atomic E-state index is 13.0. The number of benzene rings is 1. The number of ether oxygens (including phenoxy) is 1. The first-order chi connectivity index (χ1) is 12.5. The molecule has 0 aliphatic carbocycles. The second-order valence-electron chi connectivity index (χ2n) is 5.94. The van der Waals surface area contributed by atoms with Crippen LogP contribution in [0.4, 0.5) is 14.5 Å². The number of nitrogens with zero attached hydrogens (tertiary/aromatic N) is 5. The quantitative estimate of drug-likeness (QED) is 0.719. The third kappa shape index (κ3) is 2.75. The number of aryl methyl sites for hydroxylation is 2. The number of anilines is 1. The summed E-state index contributed by atoms with van der Waals surface area (Å²) >= 11 is 0. The predicted molar refractivity (Wildman–Crippen MR) is 88.6 cm³/mol. The summed E-state index contributed by atoms with van der Waals surface area (Å²) in [4.78, 5) is 22.7. The summed E-state index contributed by atoms with van der Waals surface area (Å²) in [7, 11) is 0. The molecular formula is C17H15F2N5O2. The number of carbonyl (C=O) groups is 1. The Bertz CT molecular complexity index is 988. The van der Waals surface area contributed by atoms with E-state index in [-0.39, 0.29) is 11.6 Å². The Labute approximate surface area is 147 Å². The lowest BCUT2D eigenvalue weighted by molar-refractivity contribution is -0.0495. The van der Waals surface area contributed by atoms with Crippen LogP contribution < -0.4 is 9.64 Å². The molecule has 26 heavy (non-hydrogen) atoms. The first-order valence-electron chi connectivity index (χ1n) is 8.11. The van der Waals surface area contributed by atoms with Crippen LogP contribution in [-0.2, 0) is 6.42 Å². The molecule has 1 amide bonds. The van der Waals surface area contributed by atoms with Crippen molar-refractivity contribution in [3.63, 3.8) is 0 Å². The minimum absolute atomic E-state index is 0.0244. The van der Waals surface area contributed by atoms with Gasteiger partial charge in [0.25, 0.3) is 11.7 Å². The average molecular weight is 359 g/mol. The zero-order chi connectivity index (χ0) is 18.3. The van der Waals surface area contributed by atoms with Crippen molar-refractivity contribution in [1.29, 1.82) is 0 Å². The van der Waals surface area contributed by atoms with Gasteiger partial charge in [0, 0.05) is 18.4 Å². The fourth-order valence-corrected chi connectivity index (χ4v) is 3.13. The number of para-hydroxylation sites is 1. The highest BCUT2D eigenvalue weighted by Gasteiger charge is 2.30. The van der Waals surface area contributed by atoms with Gasteiger partial charge in [-0.25, -0.2) is 9.50 Å². The van der Waals surface area contributed by atoms with Gasteiger partial charge in [-0.2, -0.15) is 13.8 Å². The predicted octanol–water partition coefficient (Wildman–Crippen LogP) is 2.63. The van der Waals surface area contributed by atoms with Crippen LogP contribution in [-0.4, -0.2) is 38.6 Å². The van der Waals surface area contributed by atoms with E-state index in [0.29, 0.717) is 30.9 Å². The summed E-state index contributed by atoms with van der Waals surface area (Å²) in [6, 6.07) is 6.62. The van der Waals surface area contributed by atoms with Gasteiger partial charge in [0.15, 0.2) is 0 Å². The summed E-state index contributed by atoms with van der Waals surface area (Å²) in [6.07, 6.45) is 2.97. The van der Waals surface area contributed by atoms with E-state index in [1.54, 1.807) is 24.4 Å². The molecule has 0 saturated heterocycles. The molecule has 3 aromatic rings. The molecule has 0 saturated carbocycles. The third-order valence-electron chi connectivity index (χ3n) is 4.26. The summed E-state index contributed by atoms with van der Waals surface area (Å²) in [5.74, 6) is -0.223. The SMILES string of the molecule is Cc1ccnc2nc(C(=O)N3CCCc4cccc(OC(F)F)c43)nn12. The van der Waals surface area contributed by atoms with Crippen LogP contribution in [0, 0.1) is 6.92 Å². The van der Waals surface area contributed by atoms with Crippen molar-refractivity contribution in [2.75, 3.05) is 11.4 Å². The fraction of sp³-hybridized carbons (Fsp3) is 0.294. The molecule has 7 nitrogen and oxygen atoms in total. The molecule has 134 valence electrons. The van der Waals surface area contributed by atoms with Crippen LogP contribution in [0.2, 0.25) is 0 Å². The Morgan fingerprint density at radius 1 is 1.31 bits per heavy atom. The van der Waals surface area contributed by atoms with Gasteiger partial charge >= 0.3 is 6.61 Å². The maximum atomic E-state index is 13.0. The largest absolute Gasteiger partial charge is 0.433 e. The molecule has 0 fully saturated rings. The van der Waals surface area contributed by atoms with E-state index >= 15 is 0 Å². The van der Waals surface area contributed by atoms with Crippen molar-refractivity contribution in [2.45, 2.75) is 26.4 Å². The zero-order valence-electron chi connectivity index (χ0n) is 13.9. The average Bonchev–Trinajstić information content (AvgIpc) is 3.06. The van der Waals surface area contributed by atoms with E-state index in [0.717, 1.165) is 11.3 Å². The van der Waals surface area contributed by atoms with Crippen LogP contribution >= 0.6 is 0 Å². The van der Waals surface area contributed by atoms with E-state index in [9.17, 15) is 13.6 Å². The lowest BCUT2D eigenvalue weighted by atomic mass is 10.0. The van der Waals surface area contributed by atoms with Crippen molar-refractivity contribution >= 4 is 17.4 Å². The van der Waals surface area contributed by atoms with Gasteiger partial charge in [0.1, 0.15) is 5.75 Å². The van der Waals surface area contributed by atoms with Crippen molar-refractivity contribution in [3.05, 3.63) is 47.5 Å². The van der Waals surface area contributed by atoms with E-state index < -0.39 is 12.5 Å². The molecule has 0 N–H and O–H groups in total. The minimum atomic E-state index is -2.97. The molecule has 9 heteroatoms. The number of alkyl halides is 2. The number of hydrogen-bond acceptors (Lipinski definition) is 5. The Morgan fingerprint density at radius 2 is 2.15 bits per heavy atom. The summed E-state index contributed by atoms with van der Waals surface area (Å²) in [5, 5.41) is 4.21. The number of hydrogen-bond donors (Lipinski definition) is 0. The number of carbonyl (C=O) groups excluding carboxylic acids is 1. The number of rotatable bonds is 3. The molecule has 1 aromatic carbocycles. The van der Waals surface area contributed by atoms with Crippen molar-refractivity contribution in [1.82, 2.24) is 19.6 Å². The first kappa shape index (κ1) is 16.4. The normalized spacial score (nSPS) is 13.9. The highest BCUT2D eigenvalue weighted by Crippen LogP contribution is 2.37. The first-order valence-corrected chi connectivity index (χ1v) is 8.11. The molecule has 0 radical (unpaired) electrons. The molecule has 1 aliphatic heterocycles. The highest BCUT2D eigenvalue weighted by atomic mass is 19.3. The monoisotopic (exact) mass is 359 g/mol. The molecule has 1 aliphatic rings. The summed E-state index contributed by atoms with van der Waals surface area (Å²) in [6.45, 7) is -0.777. The number of amides is 1. The van der Waals surface area contributed by atoms with Crippen LogP contribution in [0.1, 0.15) is 28.3 Å². The molecule has 0 atom stereocenters. The van der Waals surface area contributed by atoms with Gasteiger partial charge in [-0.15, -0.1) is 5.10 Å². The molecule has 0 spiro atoms. The van der Waals surface area contributed by atoms with Crippen LogP contribution in [0.15, 0.2) is 30.5 Å². The number of halogens is 2. The Morgan fingerprint density at radius 3 is 2.92 bits per heavy atom. The zero-order valence-corrected chi connectivity index (χ0v) is 13.9. The molecule has 0 bridgehead atoms. The maximum Gasteiger partial charge on any atom is 0.387 e. The van der Waals surface area contributed by atoms with Crippen molar-refractivity contribution < 1.29 is 18.3 Å². The van der Waals surface area contributed by atoms with Crippen LogP contribution in [0.5, 0.6) is 5.75 Å².